The summed E-state index contributed by atoms with van der Waals surface area (Å²) in [5, 5.41) is 9.54. The molecule has 1 atom stereocenters. The van der Waals surface area contributed by atoms with Crippen molar-refractivity contribution in [3.05, 3.63) is 69.8 Å². The van der Waals surface area contributed by atoms with Crippen LogP contribution in [-0.4, -0.2) is 19.0 Å². The number of amidine groups is 1. The first-order valence-electron chi connectivity index (χ1n) is 10.1. The van der Waals surface area contributed by atoms with Crippen molar-refractivity contribution in [3.63, 3.8) is 0 Å². The van der Waals surface area contributed by atoms with Crippen LogP contribution in [0.25, 0.3) is 0 Å². The molecular weight excluding hydrogens is 346 g/mol. The Kier molecular flexibility index (Phi) is 3.70. The van der Waals surface area contributed by atoms with Gasteiger partial charge in [0.05, 0.1) is 17.7 Å². The van der Waals surface area contributed by atoms with Crippen molar-refractivity contribution in [2.24, 2.45) is 16.1 Å². The lowest BCUT2D eigenvalue weighted by Gasteiger charge is -2.47. The van der Waals surface area contributed by atoms with Gasteiger partial charge in [-0.3, -0.25) is 4.99 Å². The van der Waals surface area contributed by atoms with Crippen LogP contribution in [0.1, 0.15) is 59.1 Å². The fourth-order valence-electron chi connectivity index (χ4n) is 5.92. The van der Waals surface area contributed by atoms with Crippen molar-refractivity contribution >= 4 is 5.84 Å². The van der Waals surface area contributed by atoms with E-state index in [9.17, 15) is 5.26 Å². The molecule has 0 radical (unpaired) electrons. The van der Waals surface area contributed by atoms with E-state index in [1.807, 2.05) is 25.3 Å². The molecule has 2 aromatic rings. The Balaban J connectivity index is 1.79. The summed E-state index contributed by atoms with van der Waals surface area (Å²) in [4.78, 5) is 5.22. The van der Waals surface area contributed by atoms with Gasteiger partial charge in [-0.1, -0.05) is 23.8 Å². The zero-order valence-corrected chi connectivity index (χ0v) is 16.5. The number of hydrogen-bond acceptors (Lipinski definition) is 4. The third-order valence-corrected chi connectivity index (χ3v) is 7.28. The number of benzene rings is 2. The second-order valence-corrected chi connectivity index (χ2v) is 8.63. The third kappa shape index (κ3) is 2.11. The van der Waals surface area contributed by atoms with Gasteiger partial charge in [-0.25, -0.2) is 0 Å². The summed E-state index contributed by atoms with van der Waals surface area (Å²) in [5.41, 5.74) is 12.6. The molecule has 0 bridgehead atoms. The van der Waals surface area contributed by atoms with Gasteiger partial charge in [0.25, 0.3) is 0 Å². The highest BCUT2D eigenvalue weighted by molar-refractivity contribution is 6.03. The number of methoxy groups -OCH3 is 1. The number of rotatable bonds is 1. The van der Waals surface area contributed by atoms with E-state index in [0.717, 1.165) is 43.2 Å². The van der Waals surface area contributed by atoms with Crippen LogP contribution in [0.4, 0.5) is 0 Å². The highest BCUT2D eigenvalue weighted by Gasteiger charge is 2.62. The third-order valence-electron chi connectivity index (χ3n) is 7.28. The lowest BCUT2D eigenvalue weighted by atomic mass is 9.59. The number of aryl methyl sites for hydroxylation is 1. The second-order valence-electron chi connectivity index (χ2n) is 8.63. The summed E-state index contributed by atoms with van der Waals surface area (Å²) < 4.78 is 5.66. The van der Waals surface area contributed by atoms with E-state index in [1.165, 1.54) is 16.7 Å². The molecule has 1 heterocycles. The van der Waals surface area contributed by atoms with Gasteiger partial charge in [0, 0.05) is 18.1 Å². The predicted octanol–water partition coefficient (Wildman–Crippen LogP) is 3.96. The number of nitriles is 1. The fourth-order valence-corrected chi connectivity index (χ4v) is 5.92. The van der Waals surface area contributed by atoms with Gasteiger partial charge in [-0.2, -0.15) is 5.26 Å². The van der Waals surface area contributed by atoms with Gasteiger partial charge >= 0.3 is 0 Å². The Morgan fingerprint density at radius 2 is 1.93 bits per heavy atom. The highest BCUT2D eigenvalue weighted by atomic mass is 16.5. The smallest absolute Gasteiger partial charge is 0.127 e. The lowest BCUT2D eigenvalue weighted by Crippen LogP contribution is -2.45. The minimum atomic E-state index is -0.487. The van der Waals surface area contributed by atoms with Gasteiger partial charge in [0.1, 0.15) is 11.4 Å². The minimum Gasteiger partial charge on any atom is -0.383 e. The SMILES string of the molecule is COC1CCC2(CC1)Cc1ccc(C)cc1C21N=C(N)c2ccc(C#N)cc21. The van der Waals surface area contributed by atoms with E-state index in [-0.39, 0.29) is 5.41 Å². The number of aliphatic imine (C=N–C) groups is 1. The molecule has 2 spiro atoms. The first-order valence-corrected chi connectivity index (χ1v) is 10.1. The minimum absolute atomic E-state index is 0.0118. The van der Waals surface area contributed by atoms with Crippen LogP contribution in [0.15, 0.2) is 41.4 Å². The largest absolute Gasteiger partial charge is 0.383 e. The molecule has 28 heavy (non-hydrogen) atoms. The lowest BCUT2D eigenvalue weighted by molar-refractivity contribution is 0.00684. The number of hydrogen-bond donors (Lipinski definition) is 1. The van der Waals surface area contributed by atoms with Gasteiger partial charge in [0.2, 0.25) is 0 Å². The fraction of sp³-hybridized carbons (Fsp3) is 0.417. The van der Waals surface area contributed by atoms with Gasteiger partial charge < -0.3 is 10.5 Å². The molecule has 2 aromatic carbocycles. The molecule has 1 saturated carbocycles. The molecule has 5 rings (SSSR count). The average Bonchev–Trinajstić information content (AvgIpc) is 3.16. The van der Waals surface area contributed by atoms with Crippen molar-refractivity contribution < 1.29 is 4.74 Å². The molecule has 1 unspecified atom stereocenters. The summed E-state index contributed by atoms with van der Waals surface area (Å²) in [5.74, 6) is 0.599. The van der Waals surface area contributed by atoms with Gasteiger partial charge in [0.15, 0.2) is 0 Å². The second kappa shape index (κ2) is 5.93. The Morgan fingerprint density at radius 3 is 2.64 bits per heavy atom. The van der Waals surface area contributed by atoms with E-state index in [1.54, 1.807) is 0 Å². The summed E-state index contributed by atoms with van der Waals surface area (Å²) in [6, 6.07) is 14.9. The maximum absolute atomic E-state index is 9.54. The van der Waals surface area contributed by atoms with Gasteiger partial charge in [-0.15, -0.1) is 0 Å². The predicted molar refractivity (Wildman–Crippen MR) is 109 cm³/mol. The number of ether oxygens (including phenoxy) is 1. The summed E-state index contributed by atoms with van der Waals surface area (Å²) in [7, 11) is 1.81. The summed E-state index contributed by atoms with van der Waals surface area (Å²) >= 11 is 0. The van der Waals surface area contributed by atoms with E-state index in [4.69, 9.17) is 15.5 Å². The van der Waals surface area contributed by atoms with E-state index in [2.05, 4.69) is 31.2 Å². The Bertz CT molecular complexity index is 1040. The summed E-state index contributed by atoms with van der Waals surface area (Å²) in [6.07, 6.45) is 5.49. The molecule has 1 aliphatic heterocycles. The molecule has 0 amide bonds. The Hall–Kier alpha value is -2.64. The number of fused-ring (bicyclic) bond motifs is 5. The van der Waals surface area contributed by atoms with Crippen molar-refractivity contribution in [1.82, 2.24) is 0 Å². The van der Waals surface area contributed by atoms with Crippen LogP contribution in [0.5, 0.6) is 0 Å². The standard InChI is InChI=1S/C24H25N3O/c1-15-3-5-17-13-23(9-7-18(28-2)8-10-23)24(20(17)11-15)21-12-16(14-25)4-6-19(21)22(26)27-24/h3-6,11-12,18H,7-10,13H2,1-2H3,(H2,26,27). The van der Waals surface area contributed by atoms with Crippen molar-refractivity contribution in [2.75, 3.05) is 7.11 Å². The Labute approximate surface area is 166 Å². The van der Waals surface area contributed by atoms with E-state index < -0.39 is 5.54 Å². The monoisotopic (exact) mass is 371 g/mol. The van der Waals surface area contributed by atoms with Gasteiger partial charge in [-0.05, 0) is 73.9 Å². The van der Waals surface area contributed by atoms with Crippen LogP contribution >= 0.6 is 0 Å². The molecule has 2 N–H and O–H groups in total. The molecule has 3 aliphatic rings. The zero-order valence-electron chi connectivity index (χ0n) is 16.5. The van der Waals surface area contributed by atoms with Crippen LogP contribution in [0.2, 0.25) is 0 Å². The highest BCUT2D eigenvalue weighted by Crippen LogP contribution is 2.64. The average molecular weight is 371 g/mol. The van der Waals surface area contributed by atoms with E-state index >= 15 is 0 Å². The van der Waals surface area contributed by atoms with Crippen LogP contribution < -0.4 is 5.73 Å². The molecule has 0 aromatic heterocycles. The molecule has 2 aliphatic carbocycles. The zero-order chi connectivity index (χ0) is 19.5. The van der Waals surface area contributed by atoms with Crippen molar-refractivity contribution in [1.29, 1.82) is 5.26 Å². The van der Waals surface area contributed by atoms with Crippen LogP contribution in [0.3, 0.4) is 0 Å². The molecule has 1 fully saturated rings. The molecule has 4 nitrogen and oxygen atoms in total. The molecule has 4 heteroatoms. The van der Waals surface area contributed by atoms with Crippen LogP contribution in [0, 0.1) is 23.7 Å². The maximum Gasteiger partial charge on any atom is 0.127 e. The molecular formula is C24H25N3O. The van der Waals surface area contributed by atoms with Crippen molar-refractivity contribution in [3.8, 4) is 6.07 Å². The number of nitrogens with two attached hydrogens (primary N) is 1. The normalized spacial score (nSPS) is 30.2. The first kappa shape index (κ1) is 17.5. The Morgan fingerprint density at radius 1 is 1.14 bits per heavy atom. The maximum atomic E-state index is 9.54. The quantitative estimate of drug-likeness (QED) is 0.825. The molecule has 142 valence electrons. The van der Waals surface area contributed by atoms with Crippen molar-refractivity contribution in [2.45, 2.75) is 50.7 Å². The number of nitrogens with zero attached hydrogens (tertiary/aromatic N) is 2. The summed E-state index contributed by atoms with van der Waals surface area (Å²) in [6.45, 7) is 2.13. The topological polar surface area (TPSA) is 71.4 Å². The van der Waals surface area contributed by atoms with E-state index in [0.29, 0.717) is 17.5 Å². The first-order chi connectivity index (χ1) is 13.5. The van der Waals surface area contributed by atoms with Crippen LogP contribution in [-0.2, 0) is 16.7 Å². The molecule has 0 saturated heterocycles.